The normalized spacial score (nSPS) is 11.5. The van der Waals surface area contributed by atoms with Crippen LogP contribution in [0, 0.1) is 0 Å². The van der Waals surface area contributed by atoms with Gasteiger partial charge in [-0.3, -0.25) is 9.78 Å². The molecular formula is C17H18N2O3. The van der Waals surface area contributed by atoms with Crippen molar-refractivity contribution < 1.29 is 14.3 Å². The van der Waals surface area contributed by atoms with Crippen molar-refractivity contribution in [1.29, 1.82) is 0 Å². The van der Waals surface area contributed by atoms with Crippen LogP contribution in [-0.4, -0.2) is 23.0 Å². The SMILES string of the molecule is CCc1ccc(NC(=O)[C@H](C)OC(=O)c2cccnc2)cc1. The fraction of sp³-hybridized carbons (Fsp3) is 0.235. The van der Waals surface area contributed by atoms with Gasteiger partial charge in [0.2, 0.25) is 0 Å². The van der Waals surface area contributed by atoms with E-state index in [9.17, 15) is 9.59 Å². The molecule has 22 heavy (non-hydrogen) atoms. The van der Waals surface area contributed by atoms with Crippen LogP contribution >= 0.6 is 0 Å². The van der Waals surface area contributed by atoms with Crippen LogP contribution in [0.4, 0.5) is 5.69 Å². The van der Waals surface area contributed by atoms with Gasteiger partial charge < -0.3 is 10.1 Å². The number of aromatic nitrogens is 1. The minimum Gasteiger partial charge on any atom is -0.449 e. The Balaban J connectivity index is 1.92. The molecule has 0 radical (unpaired) electrons. The summed E-state index contributed by atoms with van der Waals surface area (Å²) in [6.45, 7) is 3.59. The zero-order chi connectivity index (χ0) is 15.9. The number of ether oxygens (including phenoxy) is 1. The van der Waals surface area contributed by atoms with E-state index in [1.807, 2.05) is 24.3 Å². The van der Waals surface area contributed by atoms with E-state index in [2.05, 4.69) is 17.2 Å². The number of pyridine rings is 1. The summed E-state index contributed by atoms with van der Waals surface area (Å²) in [6, 6.07) is 10.8. The van der Waals surface area contributed by atoms with Crippen molar-refractivity contribution in [3.05, 3.63) is 59.9 Å². The van der Waals surface area contributed by atoms with Gasteiger partial charge in [0, 0.05) is 18.1 Å². The van der Waals surface area contributed by atoms with Crippen LogP contribution in [0.2, 0.25) is 0 Å². The van der Waals surface area contributed by atoms with E-state index < -0.39 is 12.1 Å². The number of carbonyl (C=O) groups excluding carboxylic acids is 2. The first-order valence-corrected chi connectivity index (χ1v) is 7.11. The van der Waals surface area contributed by atoms with Gasteiger partial charge in [0.1, 0.15) is 0 Å². The molecule has 2 rings (SSSR count). The molecule has 2 aromatic rings. The van der Waals surface area contributed by atoms with Crippen molar-refractivity contribution in [3.8, 4) is 0 Å². The topological polar surface area (TPSA) is 68.3 Å². The number of aryl methyl sites for hydroxylation is 1. The average Bonchev–Trinajstić information content (AvgIpc) is 2.56. The van der Waals surface area contributed by atoms with Crippen LogP contribution in [0.3, 0.4) is 0 Å². The van der Waals surface area contributed by atoms with Gasteiger partial charge in [-0.05, 0) is 43.2 Å². The van der Waals surface area contributed by atoms with Gasteiger partial charge in [0.05, 0.1) is 5.56 Å². The number of nitrogens with one attached hydrogen (secondary N) is 1. The third kappa shape index (κ3) is 4.15. The number of carbonyl (C=O) groups is 2. The predicted molar refractivity (Wildman–Crippen MR) is 83.6 cm³/mol. The number of hydrogen-bond donors (Lipinski definition) is 1. The first-order valence-electron chi connectivity index (χ1n) is 7.11. The van der Waals surface area contributed by atoms with Crippen LogP contribution in [0.5, 0.6) is 0 Å². The number of hydrogen-bond acceptors (Lipinski definition) is 4. The van der Waals surface area contributed by atoms with Crippen LogP contribution in [0.25, 0.3) is 0 Å². The zero-order valence-electron chi connectivity index (χ0n) is 12.6. The van der Waals surface area contributed by atoms with Gasteiger partial charge in [-0.25, -0.2) is 4.79 Å². The molecule has 5 nitrogen and oxygen atoms in total. The third-order valence-electron chi connectivity index (χ3n) is 3.18. The number of nitrogens with zero attached hydrogens (tertiary/aromatic N) is 1. The molecule has 0 saturated carbocycles. The number of amides is 1. The number of anilines is 1. The molecule has 1 atom stereocenters. The second kappa shape index (κ2) is 7.36. The lowest BCUT2D eigenvalue weighted by Gasteiger charge is -2.13. The molecule has 0 fully saturated rings. The molecule has 0 aliphatic carbocycles. The summed E-state index contributed by atoms with van der Waals surface area (Å²) in [6.07, 6.45) is 3.01. The standard InChI is InChI=1S/C17H18N2O3/c1-3-13-6-8-15(9-7-13)19-16(20)12(2)22-17(21)14-5-4-10-18-11-14/h4-12H,3H2,1-2H3,(H,19,20)/t12-/m0/s1. The summed E-state index contributed by atoms with van der Waals surface area (Å²) in [4.78, 5) is 27.7. The summed E-state index contributed by atoms with van der Waals surface area (Å²) in [7, 11) is 0. The summed E-state index contributed by atoms with van der Waals surface area (Å²) < 4.78 is 5.12. The Bertz CT molecular complexity index is 639. The summed E-state index contributed by atoms with van der Waals surface area (Å²) in [5.74, 6) is -0.946. The molecule has 0 aliphatic heterocycles. The minimum atomic E-state index is -0.890. The molecule has 0 aliphatic rings. The van der Waals surface area contributed by atoms with E-state index in [0.717, 1.165) is 6.42 Å². The highest BCUT2D eigenvalue weighted by atomic mass is 16.5. The van der Waals surface area contributed by atoms with Crippen LogP contribution in [-0.2, 0) is 16.0 Å². The van der Waals surface area contributed by atoms with Crippen molar-refractivity contribution in [2.75, 3.05) is 5.32 Å². The van der Waals surface area contributed by atoms with Gasteiger partial charge in [0.15, 0.2) is 6.10 Å². The van der Waals surface area contributed by atoms with Gasteiger partial charge in [-0.15, -0.1) is 0 Å². The number of benzene rings is 1. The maximum atomic E-state index is 12.0. The minimum absolute atomic E-state index is 0.314. The van der Waals surface area contributed by atoms with Crippen molar-refractivity contribution in [1.82, 2.24) is 4.98 Å². The Labute approximate surface area is 129 Å². The third-order valence-corrected chi connectivity index (χ3v) is 3.18. The van der Waals surface area contributed by atoms with Crippen molar-refractivity contribution in [2.24, 2.45) is 0 Å². The lowest BCUT2D eigenvalue weighted by atomic mass is 10.1. The summed E-state index contributed by atoms with van der Waals surface area (Å²) in [5, 5.41) is 2.72. The highest BCUT2D eigenvalue weighted by molar-refractivity contribution is 5.97. The molecule has 5 heteroatoms. The Kier molecular flexibility index (Phi) is 5.25. The highest BCUT2D eigenvalue weighted by Gasteiger charge is 2.19. The largest absolute Gasteiger partial charge is 0.449 e. The number of esters is 1. The molecule has 0 spiro atoms. The lowest BCUT2D eigenvalue weighted by Crippen LogP contribution is -2.30. The Morgan fingerprint density at radius 1 is 1.23 bits per heavy atom. The van der Waals surface area contributed by atoms with Gasteiger partial charge in [-0.1, -0.05) is 19.1 Å². The summed E-state index contributed by atoms with van der Waals surface area (Å²) in [5.41, 5.74) is 2.18. The smallest absolute Gasteiger partial charge is 0.340 e. The van der Waals surface area contributed by atoms with Crippen LogP contribution in [0.15, 0.2) is 48.8 Å². The first-order chi connectivity index (χ1) is 10.6. The molecular weight excluding hydrogens is 280 g/mol. The van der Waals surface area contributed by atoms with E-state index in [-0.39, 0.29) is 5.91 Å². The molecule has 0 saturated heterocycles. The molecule has 1 aromatic heterocycles. The molecule has 1 amide bonds. The molecule has 1 aromatic carbocycles. The van der Waals surface area contributed by atoms with E-state index in [4.69, 9.17) is 4.74 Å². The van der Waals surface area contributed by atoms with Crippen molar-refractivity contribution >= 4 is 17.6 Å². The monoisotopic (exact) mass is 298 g/mol. The maximum absolute atomic E-state index is 12.0. The van der Waals surface area contributed by atoms with E-state index in [1.54, 1.807) is 18.3 Å². The maximum Gasteiger partial charge on any atom is 0.340 e. The quantitative estimate of drug-likeness (QED) is 0.862. The van der Waals surface area contributed by atoms with Crippen molar-refractivity contribution in [2.45, 2.75) is 26.4 Å². The van der Waals surface area contributed by atoms with Gasteiger partial charge >= 0.3 is 5.97 Å². The van der Waals surface area contributed by atoms with E-state index >= 15 is 0 Å². The Hall–Kier alpha value is -2.69. The molecule has 0 unspecified atom stereocenters. The second-order valence-corrected chi connectivity index (χ2v) is 4.83. The summed E-state index contributed by atoms with van der Waals surface area (Å²) >= 11 is 0. The molecule has 0 bridgehead atoms. The fourth-order valence-electron chi connectivity index (χ4n) is 1.83. The van der Waals surface area contributed by atoms with Crippen molar-refractivity contribution in [3.63, 3.8) is 0 Å². The van der Waals surface area contributed by atoms with Gasteiger partial charge in [0.25, 0.3) is 5.91 Å². The molecule has 114 valence electrons. The Morgan fingerprint density at radius 2 is 1.95 bits per heavy atom. The average molecular weight is 298 g/mol. The zero-order valence-corrected chi connectivity index (χ0v) is 12.6. The fourth-order valence-corrected chi connectivity index (χ4v) is 1.83. The lowest BCUT2D eigenvalue weighted by molar-refractivity contribution is -0.123. The molecule has 1 heterocycles. The first kappa shape index (κ1) is 15.7. The number of rotatable bonds is 5. The van der Waals surface area contributed by atoms with Gasteiger partial charge in [-0.2, -0.15) is 0 Å². The van der Waals surface area contributed by atoms with E-state index in [0.29, 0.717) is 11.3 Å². The van der Waals surface area contributed by atoms with E-state index in [1.165, 1.54) is 18.7 Å². The molecule has 1 N–H and O–H groups in total. The Morgan fingerprint density at radius 3 is 2.55 bits per heavy atom. The van der Waals surface area contributed by atoms with Crippen LogP contribution < -0.4 is 5.32 Å². The highest BCUT2D eigenvalue weighted by Crippen LogP contribution is 2.11. The second-order valence-electron chi connectivity index (χ2n) is 4.83. The predicted octanol–water partition coefficient (Wildman–Crippen LogP) is 2.83. The van der Waals surface area contributed by atoms with Crippen LogP contribution in [0.1, 0.15) is 29.8 Å².